The van der Waals surface area contributed by atoms with Crippen molar-refractivity contribution >= 4 is 16.0 Å². The third kappa shape index (κ3) is 3.19. The van der Waals surface area contributed by atoms with Crippen LogP contribution in [0.4, 0.5) is 0 Å². The summed E-state index contributed by atoms with van der Waals surface area (Å²) in [6.45, 7) is 0. The van der Waals surface area contributed by atoms with Crippen LogP contribution < -0.4 is 5.73 Å². The lowest BCUT2D eigenvalue weighted by Crippen LogP contribution is -2.31. The van der Waals surface area contributed by atoms with Gasteiger partial charge in [-0.3, -0.25) is 0 Å². The van der Waals surface area contributed by atoms with E-state index in [1.165, 1.54) is 29.2 Å². The van der Waals surface area contributed by atoms with Gasteiger partial charge in [0.25, 0.3) is 10.0 Å². The fourth-order valence-electron chi connectivity index (χ4n) is 0.959. The van der Waals surface area contributed by atoms with E-state index in [9.17, 15) is 8.42 Å². The highest BCUT2D eigenvalue weighted by Crippen LogP contribution is 2.13. The summed E-state index contributed by atoms with van der Waals surface area (Å²) in [6, 6.07) is 7.36. The van der Waals surface area contributed by atoms with Crippen LogP contribution in [-0.2, 0) is 10.0 Å². The fourth-order valence-corrected chi connectivity index (χ4v) is 1.95. The molecule has 7 heteroatoms. The Kier molecular flexibility index (Phi) is 3.70. The minimum Gasteiger partial charge on any atom is -0.369 e. The maximum absolute atomic E-state index is 11.8. The fraction of sp³-hybridized carbons (Fsp3) is 0.200. The molecule has 0 amide bonds. The highest BCUT2D eigenvalue weighted by Gasteiger charge is 2.13. The van der Waals surface area contributed by atoms with Gasteiger partial charge in [0.1, 0.15) is 0 Å². The van der Waals surface area contributed by atoms with Crippen molar-refractivity contribution in [3.8, 4) is 6.07 Å². The second-order valence-electron chi connectivity index (χ2n) is 3.46. The van der Waals surface area contributed by atoms with Gasteiger partial charge in [-0.05, 0) is 24.3 Å². The van der Waals surface area contributed by atoms with Crippen molar-refractivity contribution in [2.45, 2.75) is 4.90 Å². The third-order valence-corrected chi connectivity index (χ3v) is 3.25. The van der Waals surface area contributed by atoms with Gasteiger partial charge in [0.05, 0.1) is 16.5 Å². The van der Waals surface area contributed by atoms with Crippen LogP contribution >= 0.6 is 0 Å². The normalized spacial score (nSPS) is 11.9. The number of hydrogen-bond acceptors (Lipinski definition) is 3. The topological polar surface area (TPSA) is 99.5 Å². The first-order valence-electron chi connectivity index (χ1n) is 4.65. The number of hydrogen-bond donors (Lipinski definition) is 1. The van der Waals surface area contributed by atoms with Gasteiger partial charge in [0.2, 0.25) is 5.96 Å². The van der Waals surface area contributed by atoms with Crippen LogP contribution in [0.15, 0.2) is 33.6 Å². The summed E-state index contributed by atoms with van der Waals surface area (Å²) in [7, 11) is -0.637. The van der Waals surface area contributed by atoms with Crippen molar-refractivity contribution in [3.05, 3.63) is 29.8 Å². The summed E-state index contributed by atoms with van der Waals surface area (Å²) in [5.74, 6) is -0.102. The molecule has 0 aliphatic rings. The minimum absolute atomic E-state index is 0.00120. The lowest BCUT2D eigenvalue weighted by atomic mass is 10.2. The quantitative estimate of drug-likeness (QED) is 0.595. The summed E-state index contributed by atoms with van der Waals surface area (Å²) in [4.78, 5) is 1.39. The predicted octanol–water partition coefficient (Wildman–Crippen LogP) is 0.123. The van der Waals surface area contributed by atoms with Crippen molar-refractivity contribution in [3.63, 3.8) is 0 Å². The lowest BCUT2D eigenvalue weighted by molar-refractivity contribution is 0.590. The van der Waals surface area contributed by atoms with Gasteiger partial charge in [-0.25, -0.2) is 0 Å². The van der Waals surface area contributed by atoms with E-state index in [1.807, 2.05) is 6.07 Å². The van der Waals surface area contributed by atoms with Crippen LogP contribution in [0.2, 0.25) is 0 Å². The Bertz CT molecular complexity index is 567. The van der Waals surface area contributed by atoms with Crippen molar-refractivity contribution in [1.82, 2.24) is 4.90 Å². The first-order chi connectivity index (χ1) is 7.86. The first-order valence-corrected chi connectivity index (χ1v) is 6.09. The van der Waals surface area contributed by atoms with E-state index in [0.29, 0.717) is 5.56 Å². The SMILES string of the molecule is CN(C)C(N)=NS(=O)(=O)c1ccc(C#N)cc1. The Morgan fingerprint density at radius 3 is 2.29 bits per heavy atom. The third-order valence-electron chi connectivity index (χ3n) is 1.95. The van der Waals surface area contributed by atoms with Crippen molar-refractivity contribution in [2.75, 3.05) is 14.1 Å². The standard InChI is InChI=1S/C10H12N4O2S/c1-14(2)10(12)13-17(15,16)9-5-3-8(7-11)4-6-9/h3-6H,1-2H3,(H2,12,13). The second kappa shape index (κ2) is 4.84. The smallest absolute Gasteiger partial charge is 0.285 e. The van der Waals surface area contributed by atoms with E-state index in [2.05, 4.69) is 4.40 Å². The average Bonchev–Trinajstić information content (AvgIpc) is 2.28. The Labute approximate surface area is 100 Å². The van der Waals surface area contributed by atoms with E-state index < -0.39 is 10.0 Å². The molecule has 0 unspecified atom stereocenters. The summed E-state index contributed by atoms with van der Waals surface area (Å²) in [6.07, 6.45) is 0. The van der Waals surface area contributed by atoms with Gasteiger partial charge in [0.15, 0.2) is 0 Å². The largest absolute Gasteiger partial charge is 0.369 e. The van der Waals surface area contributed by atoms with Crippen LogP contribution in [0.25, 0.3) is 0 Å². The van der Waals surface area contributed by atoms with Crippen molar-refractivity contribution in [2.24, 2.45) is 10.1 Å². The van der Waals surface area contributed by atoms with Crippen LogP contribution in [0.1, 0.15) is 5.56 Å². The summed E-state index contributed by atoms with van der Waals surface area (Å²) >= 11 is 0. The molecule has 2 N–H and O–H groups in total. The van der Waals surface area contributed by atoms with Crippen molar-refractivity contribution < 1.29 is 8.42 Å². The molecule has 17 heavy (non-hydrogen) atoms. The highest BCUT2D eigenvalue weighted by molar-refractivity contribution is 7.90. The molecule has 90 valence electrons. The summed E-state index contributed by atoms with van der Waals surface area (Å²) in [5.41, 5.74) is 5.82. The van der Waals surface area contributed by atoms with E-state index in [1.54, 1.807) is 14.1 Å². The number of rotatable bonds is 2. The Balaban J connectivity index is 3.15. The van der Waals surface area contributed by atoms with Gasteiger partial charge in [-0.15, -0.1) is 4.40 Å². The monoisotopic (exact) mass is 252 g/mol. The number of nitrogens with zero attached hydrogens (tertiary/aromatic N) is 3. The number of guanidine groups is 1. The Morgan fingerprint density at radius 1 is 1.35 bits per heavy atom. The molecule has 0 saturated heterocycles. The zero-order valence-corrected chi connectivity index (χ0v) is 10.3. The molecule has 0 fully saturated rings. The van der Waals surface area contributed by atoms with Gasteiger partial charge >= 0.3 is 0 Å². The molecule has 6 nitrogen and oxygen atoms in total. The van der Waals surface area contributed by atoms with Gasteiger partial charge in [0, 0.05) is 14.1 Å². The number of benzene rings is 1. The molecule has 0 spiro atoms. The number of nitriles is 1. The zero-order valence-electron chi connectivity index (χ0n) is 9.45. The van der Waals surface area contributed by atoms with Gasteiger partial charge in [-0.1, -0.05) is 0 Å². The van der Waals surface area contributed by atoms with E-state index in [-0.39, 0.29) is 10.9 Å². The molecule has 1 rings (SSSR count). The number of nitrogens with two attached hydrogens (primary N) is 1. The molecular formula is C10H12N4O2S. The summed E-state index contributed by atoms with van der Waals surface area (Å²) in [5, 5.41) is 8.60. The zero-order chi connectivity index (χ0) is 13.1. The maximum atomic E-state index is 11.8. The predicted molar refractivity (Wildman–Crippen MR) is 63.7 cm³/mol. The van der Waals surface area contributed by atoms with Crippen LogP contribution in [0, 0.1) is 11.3 Å². The second-order valence-corrected chi connectivity index (χ2v) is 5.06. The van der Waals surface area contributed by atoms with Crippen LogP contribution in [0.3, 0.4) is 0 Å². The van der Waals surface area contributed by atoms with Crippen LogP contribution in [-0.4, -0.2) is 33.4 Å². The molecule has 1 aromatic carbocycles. The van der Waals surface area contributed by atoms with E-state index in [4.69, 9.17) is 11.0 Å². The van der Waals surface area contributed by atoms with Crippen molar-refractivity contribution in [1.29, 1.82) is 5.26 Å². The van der Waals surface area contributed by atoms with Gasteiger partial charge < -0.3 is 10.6 Å². The van der Waals surface area contributed by atoms with Crippen LogP contribution in [0.5, 0.6) is 0 Å². The minimum atomic E-state index is -3.82. The molecule has 0 aliphatic heterocycles. The molecule has 0 aliphatic carbocycles. The lowest BCUT2D eigenvalue weighted by Gasteiger charge is -2.10. The molecule has 0 heterocycles. The van der Waals surface area contributed by atoms with Gasteiger partial charge in [-0.2, -0.15) is 13.7 Å². The molecule has 0 bridgehead atoms. The molecule has 0 aromatic heterocycles. The highest BCUT2D eigenvalue weighted by atomic mass is 32.2. The Morgan fingerprint density at radius 2 is 1.88 bits per heavy atom. The molecule has 1 aromatic rings. The molecular weight excluding hydrogens is 240 g/mol. The van der Waals surface area contributed by atoms with E-state index >= 15 is 0 Å². The molecule has 0 radical (unpaired) electrons. The first kappa shape index (κ1) is 13.0. The molecule has 0 atom stereocenters. The maximum Gasteiger partial charge on any atom is 0.285 e. The molecule has 0 saturated carbocycles. The average molecular weight is 252 g/mol. The summed E-state index contributed by atoms with van der Waals surface area (Å²) < 4.78 is 27.0. The number of sulfonamides is 1. The van der Waals surface area contributed by atoms with E-state index in [0.717, 1.165) is 0 Å². The Hall–Kier alpha value is -2.07.